The van der Waals surface area contributed by atoms with Crippen LogP contribution in [0.15, 0.2) is 46.9 Å². The van der Waals surface area contributed by atoms with Gasteiger partial charge in [-0.05, 0) is 49.4 Å². The van der Waals surface area contributed by atoms with Gasteiger partial charge in [-0.3, -0.25) is 14.6 Å². The number of rotatable bonds is 9. The van der Waals surface area contributed by atoms with Crippen molar-refractivity contribution >= 4 is 48.5 Å². The van der Waals surface area contributed by atoms with Crippen LogP contribution in [0.25, 0.3) is 10.2 Å². The molecule has 0 aliphatic carbocycles. The molecule has 0 bridgehead atoms. The van der Waals surface area contributed by atoms with Crippen molar-refractivity contribution in [3.05, 3.63) is 46.9 Å². The summed E-state index contributed by atoms with van der Waals surface area (Å²) in [7, 11) is 0. The molecule has 1 amide bonds. The largest absolute Gasteiger partial charge is 0.494 e. The number of fused-ring (bicyclic) bond motifs is 1. The van der Waals surface area contributed by atoms with Gasteiger partial charge in [0.1, 0.15) is 11.5 Å². The first-order valence-electron chi connectivity index (χ1n) is 10.6. The normalized spacial score (nSPS) is 14.4. The number of morpholine rings is 1. The van der Waals surface area contributed by atoms with Crippen LogP contribution in [0.3, 0.4) is 0 Å². The molecular weight excluding hydrogens is 494 g/mol. The molecule has 0 spiro atoms. The van der Waals surface area contributed by atoms with E-state index in [1.54, 1.807) is 4.90 Å². The van der Waals surface area contributed by atoms with E-state index in [0.29, 0.717) is 24.0 Å². The van der Waals surface area contributed by atoms with Gasteiger partial charge in [-0.1, -0.05) is 27.3 Å². The standard InChI is InChI=1S/C23H26BrN3O4S/c1-2-30-18-4-6-19(7-5-18)31-16-22(28)27(10-9-26-11-13-29-14-12-26)23-25-20-8-3-17(24)15-21(20)32-23/h3-8,15H,2,9-14,16H2,1H3. The highest BCUT2D eigenvalue weighted by Crippen LogP contribution is 2.31. The molecule has 0 atom stereocenters. The highest BCUT2D eigenvalue weighted by molar-refractivity contribution is 9.10. The van der Waals surface area contributed by atoms with E-state index < -0.39 is 0 Å². The summed E-state index contributed by atoms with van der Waals surface area (Å²) in [5.41, 5.74) is 0.879. The molecule has 2 aromatic carbocycles. The van der Waals surface area contributed by atoms with E-state index in [-0.39, 0.29) is 12.5 Å². The Morgan fingerprint density at radius 1 is 1.16 bits per heavy atom. The van der Waals surface area contributed by atoms with Crippen molar-refractivity contribution in [3.63, 3.8) is 0 Å². The minimum absolute atomic E-state index is 0.0588. The van der Waals surface area contributed by atoms with Crippen molar-refractivity contribution in [2.75, 3.05) is 57.5 Å². The fourth-order valence-electron chi connectivity index (χ4n) is 3.42. The van der Waals surface area contributed by atoms with Gasteiger partial charge in [-0.25, -0.2) is 4.98 Å². The SMILES string of the molecule is CCOc1ccc(OCC(=O)N(CCN2CCOCC2)c2nc3ccc(Br)cc3s2)cc1. The van der Waals surface area contributed by atoms with Crippen LogP contribution in [-0.2, 0) is 9.53 Å². The zero-order chi connectivity index (χ0) is 22.3. The van der Waals surface area contributed by atoms with E-state index in [4.69, 9.17) is 19.2 Å². The van der Waals surface area contributed by atoms with Gasteiger partial charge in [-0.15, -0.1) is 0 Å². The number of carbonyl (C=O) groups excluding carboxylic acids is 1. The third kappa shape index (κ3) is 5.98. The van der Waals surface area contributed by atoms with Crippen LogP contribution in [0, 0.1) is 0 Å². The molecule has 1 aliphatic heterocycles. The number of thiazole rings is 1. The fraction of sp³-hybridized carbons (Fsp3) is 0.391. The predicted molar refractivity (Wildman–Crippen MR) is 130 cm³/mol. The van der Waals surface area contributed by atoms with E-state index in [9.17, 15) is 4.79 Å². The lowest BCUT2D eigenvalue weighted by atomic mass is 10.3. The third-order valence-corrected chi connectivity index (χ3v) is 6.65. The van der Waals surface area contributed by atoms with Crippen LogP contribution in [0.4, 0.5) is 5.13 Å². The van der Waals surface area contributed by atoms with Crippen molar-refractivity contribution in [2.24, 2.45) is 0 Å². The van der Waals surface area contributed by atoms with E-state index in [2.05, 4.69) is 20.8 Å². The molecule has 1 aliphatic rings. The summed E-state index contributed by atoms with van der Waals surface area (Å²) < 4.78 is 18.7. The number of halogens is 1. The number of nitrogens with zero attached hydrogens (tertiary/aromatic N) is 3. The molecule has 1 fully saturated rings. The van der Waals surface area contributed by atoms with Crippen molar-refractivity contribution in [3.8, 4) is 11.5 Å². The molecule has 0 unspecified atom stereocenters. The summed E-state index contributed by atoms with van der Waals surface area (Å²) in [6.45, 7) is 6.99. The lowest BCUT2D eigenvalue weighted by molar-refractivity contribution is -0.120. The van der Waals surface area contributed by atoms with E-state index in [0.717, 1.165) is 53.3 Å². The van der Waals surface area contributed by atoms with Gasteiger partial charge < -0.3 is 14.2 Å². The minimum Gasteiger partial charge on any atom is -0.494 e. The highest BCUT2D eigenvalue weighted by Gasteiger charge is 2.22. The van der Waals surface area contributed by atoms with Crippen LogP contribution < -0.4 is 14.4 Å². The first kappa shape index (κ1) is 23.0. The van der Waals surface area contributed by atoms with Crippen LogP contribution in [0.2, 0.25) is 0 Å². The molecule has 0 saturated carbocycles. The molecule has 9 heteroatoms. The van der Waals surface area contributed by atoms with Gasteiger partial charge in [-0.2, -0.15) is 0 Å². The van der Waals surface area contributed by atoms with Crippen molar-refractivity contribution in [2.45, 2.75) is 6.92 Å². The Labute approximate surface area is 200 Å². The molecule has 170 valence electrons. The van der Waals surface area contributed by atoms with Crippen LogP contribution in [0.5, 0.6) is 11.5 Å². The summed E-state index contributed by atoms with van der Waals surface area (Å²) >= 11 is 5.02. The maximum absolute atomic E-state index is 13.2. The highest BCUT2D eigenvalue weighted by atomic mass is 79.9. The molecule has 32 heavy (non-hydrogen) atoms. The Morgan fingerprint density at radius 2 is 1.88 bits per heavy atom. The van der Waals surface area contributed by atoms with Gasteiger partial charge in [0.2, 0.25) is 0 Å². The number of benzene rings is 2. The molecule has 1 aromatic heterocycles. The summed E-state index contributed by atoms with van der Waals surface area (Å²) in [5.74, 6) is 1.28. The summed E-state index contributed by atoms with van der Waals surface area (Å²) in [6.07, 6.45) is 0. The number of hydrogen-bond acceptors (Lipinski definition) is 7. The summed E-state index contributed by atoms with van der Waals surface area (Å²) in [5, 5.41) is 0.687. The number of amides is 1. The van der Waals surface area contributed by atoms with Crippen LogP contribution in [-0.4, -0.2) is 68.4 Å². The molecule has 4 rings (SSSR count). The first-order chi connectivity index (χ1) is 15.6. The maximum atomic E-state index is 13.2. The average molecular weight is 520 g/mol. The van der Waals surface area contributed by atoms with Crippen LogP contribution >= 0.6 is 27.3 Å². The number of hydrogen-bond donors (Lipinski definition) is 0. The molecule has 0 radical (unpaired) electrons. The second-order valence-electron chi connectivity index (χ2n) is 7.30. The maximum Gasteiger partial charge on any atom is 0.266 e. The monoisotopic (exact) mass is 519 g/mol. The lowest BCUT2D eigenvalue weighted by Crippen LogP contribution is -2.44. The number of anilines is 1. The Hall–Kier alpha value is -2.20. The zero-order valence-electron chi connectivity index (χ0n) is 18.0. The zero-order valence-corrected chi connectivity index (χ0v) is 20.4. The first-order valence-corrected chi connectivity index (χ1v) is 12.3. The molecule has 7 nitrogen and oxygen atoms in total. The second kappa shape index (κ2) is 11.1. The van der Waals surface area contributed by atoms with Gasteiger partial charge >= 0.3 is 0 Å². The van der Waals surface area contributed by atoms with Crippen molar-refractivity contribution in [1.82, 2.24) is 9.88 Å². The lowest BCUT2D eigenvalue weighted by Gasteiger charge is -2.29. The molecule has 3 aromatic rings. The number of carbonyl (C=O) groups is 1. The topological polar surface area (TPSA) is 64.1 Å². The fourth-order valence-corrected chi connectivity index (χ4v) is 4.98. The van der Waals surface area contributed by atoms with Crippen LogP contribution in [0.1, 0.15) is 6.92 Å². The van der Waals surface area contributed by atoms with Gasteiger partial charge in [0.05, 0.1) is 30.0 Å². The third-order valence-electron chi connectivity index (χ3n) is 5.11. The Bertz CT molecular complexity index is 1040. The minimum atomic E-state index is -0.120. The second-order valence-corrected chi connectivity index (χ2v) is 9.23. The Balaban J connectivity index is 1.47. The molecular formula is C23H26BrN3O4S. The van der Waals surface area contributed by atoms with Crippen molar-refractivity contribution < 1.29 is 19.0 Å². The van der Waals surface area contributed by atoms with E-state index in [1.807, 2.05) is 49.4 Å². The number of aromatic nitrogens is 1. The summed E-state index contributed by atoms with van der Waals surface area (Å²) in [4.78, 5) is 22.0. The van der Waals surface area contributed by atoms with Gasteiger partial charge in [0, 0.05) is 30.7 Å². The summed E-state index contributed by atoms with van der Waals surface area (Å²) in [6, 6.07) is 13.2. The molecule has 0 N–H and O–H groups in total. The van der Waals surface area contributed by atoms with Gasteiger partial charge in [0.15, 0.2) is 11.7 Å². The Kier molecular flexibility index (Phi) is 7.96. The number of ether oxygens (including phenoxy) is 3. The average Bonchev–Trinajstić information content (AvgIpc) is 3.22. The predicted octanol–water partition coefficient (Wildman–Crippen LogP) is 4.20. The van der Waals surface area contributed by atoms with E-state index in [1.165, 1.54) is 11.3 Å². The van der Waals surface area contributed by atoms with E-state index >= 15 is 0 Å². The Morgan fingerprint density at radius 3 is 2.59 bits per heavy atom. The molecule has 2 heterocycles. The van der Waals surface area contributed by atoms with Crippen molar-refractivity contribution in [1.29, 1.82) is 0 Å². The van der Waals surface area contributed by atoms with Gasteiger partial charge in [0.25, 0.3) is 5.91 Å². The molecule has 1 saturated heterocycles. The smallest absolute Gasteiger partial charge is 0.266 e. The quantitative estimate of drug-likeness (QED) is 0.422.